The summed E-state index contributed by atoms with van der Waals surface area (Å²) >= 11 is 0. The SMILES string of the molecule is C[Si](C)(C)c1ccc(-c2ncnc3cc(F)ccc23)cc1. The molecule has 0 atom stereocenters. The Bertz CT molecular complexity index is 792. The van der Waals surface area contributed by atoms with Crippen molar-refractivity contribution in [1.29, 1.82) is 0 Å². The van der Waals surface area contributed by atoms with Crippen LogP contribution in [-0.2, 0) is 0 Å². The molecule has 2 nitrogen and oxygen atoms in total. The summed E-state index contributed by atoms with van der Waals surface area (Å²) < 4.78 is 13.3. The van der Waals surface area contributed by atoms with Gasteiger partial charge < -0.3 is 0 Å². The molecule has 0 amide bonds. The first-order chi connectivity index (χ1) is 9.95. The molecule has 0 aliphatic carbocycles. The van der Waals surface area contributed by atoms with Crippen molar-refractivity contribution >= 4 is 24.2 Å². The maximum atomic E-state index is 13.3. The highest BCUT2D eigenvalue weighted by Gasteiger charge is 2.16. The first kappa shape index (κ1) is 13.9. The van der Waals surface area contributed by atoms with Gasteiger partial charge in [0.15, 0.2) is 0 Å². The lowest BCUT2D eigenvalue weighted by Gasteiger charge is -2.16. The molecular weight excluding hydrogens is 279 g/mol. The predicted octanol–water partition coefficient (Wildman–Crippen LogP) is 3.98. The number of aromatic nitrogens is 2. The van der Waals surface area contributed by atoms with Gasteiger partial charge in [0.2, 0.25) is 0 Å². The second-order valence-corrected chi connectivity index (χ2v) is 11.3. The zero-order chi connectivity index (χ0) is 15.0. The van der Waals surface area contributed by atoms with Crippen molar-refractivity contribution in [2.24, 2.45) is 0 Å². The van der Waals surface area contributed by atoms with Crippen LogP contribution < -0.4 is 5.19 Å². The van der Waals surface area contributed by atoms with Crippen LogP contribution in [0.25, 0.3) is 22.2 Å². The number of nitrogens with zero attached hydrogens (tertiary/aromatic N) is 2. The Balaban J connectivity index is 2.12. The lowest BCUT2D eigenvalue weighted by Crippen LogP contribution is -2.37. The van der Waals surface area contributed by atoms with E-state index in [4.69, 9.17) is 0 Å². The van der Waals surface area contributed by atoms with Gasteiger partial charge in [0.1, 0.15) is 12.1 Å². The van der Waals surface area contributed by atoms with E-state index in [2.05, 4.69) is 53.9 Å². The van der Waals surface area contributed by atoms with Crippen LogP contribution in [0.4, 0.5) is 4.39 Å². The number of rotatable bonds is 2. The molecule has 0 aliphatic heterocycles. The number of halogens is 1. The number of benzene rings is 2. The highest BCUT2D eigenvalue weighted by molar-refractivity contribution is 6.88. The summed E-state index contributed by atoms with van der Waals surface area (Å²) in [5, 5.41) is 2.29. The van der Waals surface area contributed by atoms with Gasteiger partial charge in [0.05, 0.1) is 19.3 Å². The van der Waals surface area contributed by atoms with Gasteiger partial charge in [-0.05, 0) is 12.1 Å². The average Bonchev–Trinajstić information content (AvgIpc) is 2.45. The normalized spacial score (nSPS) is 11.8. The van der Waals surface area contributed by atoms with Crippen molar-refractivity contribution in [3.63, 3.8) is 0 Å². The zero-order valence-corrected chi connectivity index (χ0v) is 13.4. The smallest absolute Gasteiger partial charge is 0.125 e. The Kier molecular flexibility index (Phi) is 3.33. The number of hydrogen-bond donors (Lipinski definition) is 0. The minimum Gasteiger partial charge on any atom is -0.236 e. The minimum absolute atomic E-state index is 0.277. The molecule has 0 bridgehead atoms. The molecule has 0 saturated carbocycles. The molecule has 1 aromatic heterocycles. The molecule has 0 N–H and O–H groups in total. The van der Waals surface area contributed by atoms with Crippen molar-refractivity contribution in [2.75, 3.05) is 0 Å². The molecule has 0 fully saturated rings. The zero-order valence-electron chi connectivity index (χ0n) is 12.4. The molecular formula is C17H17FN2Si. The highest BCUT2D eigenvalue weighted by Crippen LogP contribution is 2.25. The van der Waals surface area contributed by atoms with E-state index >= 15 is 0 Å². The lowest BCUT2D eigenvalue weighted by molar-refractivity contribution is 0.629. The van der Waals surface area contributed by atoms with E-state index in [1.165, 1.54) is 23.6 Å². The molecule has 1 heterocycles. The minimum atomic E-state index is -1.30. The van der Waals surface area contributed by atoms with E-state index in [0.29, 0.717) is 5.52 Å². The molecule has 0 unspecified atom stereocenters. The van der Waals surface area contributed by atoms with Gasteiger partial charge in [-0.15, -0.1) is 0 Å². The first-order valence-corrected chi connectivity index (χ1v) is 10.5. The molecule has 2 aromatic carbocycles. The standard InChI is InChI=1S/C17H17FN2Si/c1-21(2,3)14-7-4-12(5-8-14)17-15-9-6-13(18)10-16(15)19-11-20-17/h4-11H,1-3H3. The third kappa shape index (κ3) is 2.71. The van der Waals surface area contributed by atoms with Crippen LogP contribution in [0.2, 0.25) is 19.6 Å². The van der Waals surface area contributed by atoms with Crippen molar-refractivity contribution in [2.45, 2.75) is 19.6 Å². The summed E-state index contributed by atoms with van der Waals surface area (Å²) in [5.74, 6) is -0.277. The van der Waals surface area contributed by atoms with Gasteiger partial charge in [0, 0.05) is 17.0 Å². The van der Waals surface area contributed by atoms with E-state index in [1.54, 1.807) is 6.07 Å². The summed E-state index contributed by atoms with van der Waals surface area (Å²) in [6, 6.07) is 13.2. The topological polar surface area (TPSA) is 25.8 Å². The molecule has 0 saturated heterocycles. The van der Waals surface area contributed by atoms with Gasteiger partial charge in [-0.25, -0.2) is 14.4 Å². The summed E-state index contributed by atoms with van der Waals surface area (Å²) in [7, 11) is -1.30. The predicted molar refractivity (Wildman–Crippen MR) is 87.9 cm³/mol. The van der Waals surface area contributed by atoms with E-state index in [-0.39, 0.29) is 5.82 Å². The Hall–Kier alpha value is -2.07. The van der Waals surface area contributed by atoms with Crippen LogP contribution in [0.1, 0.15) is 0 Å². The molecule has 4 heteroatoms. The molecule has 3 aromatic rings. The van der Waals surface area contributed by atoms with E-state index < -0.39 is 8.07 Å². The van der Waals surface area contributed by atoms with Crippen molar-refractivity contribution in [1.82, 2.24) is 9.97 Å². The third-order valence-electron chi connectivity index (χ3n) is 3.62. The second kappa shape index (κ2) is 5.04. The fourth-order valence-electron chi connectivity index (χ4n) is 2.39. The fraction of sp³-hybridized carbons (Fsp3) is 0.176. The van der Waals surface area contributed by atoms with Crippen LogP contribution in [-0.4, -0.2) is 18.0 Å². The Labute approximate surface area is 124 Å². The van der Waals surface area contributed by atoms with Crippen LogP contribution in [0.15, 0.2) is 48.8 Å². The molecule has 0 spiro atoms. The maximum absolute atomic E-state index is 13.3. The first-order valence-electron chi connectivity index (χ1n) is 6.96. The second-order valence-electron chi connectivity index (χ2n) is 6.21. The van der Waals surface area contributed by atoms with Crippen LogP contribution in [0, 0.1) is 5.82 Å². The van der Waals surface area contributed by atoms with Crippen LogP contribution in [0.3, 0.4) is 0 Å². The van der Waals surface area contributed by atoms with Crippen LogP contribution >= 0.6 is 0 Å². The van der Waals surface area contributed by atoms with E-state index in [9.17, 15) is 4.39 Å². The van der Waals surface area contributed by atoms with Gasteiger partial charge in [-0.3, -0.25) is 0 Å². The van der Waals surface area contributed by atoms with Gasteiger partial charge >= 0.3 is 0 Å². The van der Waals surface area contributed by atoms with E-state index in [0.717, 1.165) is 16.6 Å². The Morgan fingerprint density at radius 1 is 0.905 bits per heavy atom. The van der Waals surface area contributed by atoms with Gasteiger partial charge in [-0.1, -0.05) is 49.1 Å². The highest BCUT2D eigenvalue weighted by atomic mass is 28.3. The molecule has 21 heavy (non-hydrogen) atoms. The summed E-state index contributed by atoms with van der Waals surface area (Å²) in [6.07, 6.45) is 1.49. The van der Waals surface area contributed by atoms with Crippen molar-refractivity contribution in [3.8, 4) is 11.3 Å². The number of fused-ring (bicyclic) bond motifs is 1. The van der Waals surface area contributed by atoms with Gasteiger partial charge in [-0.2, -0.15) is 0 Å². The third-order valence-corrected chi connectivity index (χ3v) is 5.69. The lowest BCUT2D eigenvalue weighted by atomic mass is 10.1. The molecule has 0 aliphatic rings. The summed E-state index contributed by atoms with van der Waals surface area (Å²) in [5.41, 5.74) is 2.52. The largest absolute Gasteiger partial charge is 0.236 e. The monoisotopic (exact) mass is 296 g/mol. The molecule has 0 radical (unpaired) electrons. The molecule has 106 valence electrons. The van der Waals surface area contributed by atoms with Crippen LogP contribution in [0.5, 0.6) is 0 Å². The summed E-state index contributed by atoms with van der Waals surface area (Å²) in [6.45, 7) is 6.97. The van der Waals surface area contributed by atoms with Crippen molar-refractivity contribution in [3.05, 3.63) is 54.6 Å². The van der Waals surface area contributed by atoms with Gasteiger partial charge in [0.25, 0.3) is 0 Å². The fourth-order valence-corrected chi connectivity index (χ4v) is 3.55. The van der Waals surface area contributed by atoms with Crippen molar-refractivity contribution < 1.29 is 4.39 Å². The molecule has 3 rings (SSSR count). The summed E-state index contributed by atoms with van der Waals surface area (Å²) in [4.78, 5) is 8.52. The quantitative estimate of drug-likeness (QED) is 0.668. The maximum Gasteiger partial charge on any atom is 0.125 e. The Morgan fingerprint density at radius 2 is 1.62 bits per heavy atom. The Morgan fingerprint density at radius 3 is 2.29 bits per heavy atom. The average molecular weight is 296 g/mol. The number of hydrogen-bond acceptors (Lipinski definition) is 2. The van der Waals surface area contributed by atoms with E-state index in [1.807, 2.05) is 0 Å².